The van der Waals surface area contributed by atoms with Gasteiger partial charge in [0.25, 0.3) is 0 Å². The van der Waals surface area contributed by atoms with Crippen molar-refractivity contribution in [2.24, 2.45) is 5.92 Å². The van der Waals surface area contributed by atoms with E-state index in [9.17, 15) is 14.7 Å². The molecule has 0 radical (unpaired) electrons. The van der Waals surface area contributed by atoms with Crippen molar-refractivity contribution in [2.45, 2.75) is 45.6 Å². The summed E-state index contributed by atoms with van der Waals surface area (Å²) in [5.41, 5.74) is 0.357. The number of aliphatic carboxylic acids is 1. The molecule has 2 N–H and O–H groups in total. The van der Waals surface area contributed by atoms with E-state index in [1.54, 1.807) is 20.8 Å². The Morgan fingerprint density at radius 1 is 1.23 bits per heavy atom. The summed E-state index contributed by atoms with van der Waals surface area (Å²) in [6.45, 7) is 7.28. The average Bonchev–Trinajstić information content (AvgIpc) is 2.42. The molecule has 1 aromatic rings. The fourth-order valence-electron chi connectivity index (χ4n) is 2.36. The van der Waals surface area contributed by atoms with Crippen molar-refractivity contribution in [3.8, 4) is 0 Å². The number of carboxylic acids is 1. The van der Waals surface area contributed by atoms with Gasteiger partial charge in [-0.05, 0) is 38.7 Å². The molecule has 0 aliphatic carbocycles. The molecule has 0 bridgehead atoms. The van der Waals surface area contributed by atoms with Crippen molar-refractivity contribution in [2.75, 3.05) is 6.54 Å². The van der Waals surface area contributed by atoms with E-state index >= 15 is 0 Å². The number of benzene rings is 1. The first kappa shape index (κ1) is 18.0. The number of hydrogen-bond acceptors (Lipinski definition) is 3. The second-order valence-electron chi connectivity index (χ2n) is 6.25. The number of rotatable bonds is 6. The predicted molar refractivity (Wildman–Crippen MR) is 84.8 cm³/mol. The number of hydrogen-bond donors (Lipinski definition) is 2. The summed E-state index contributed by atoms with van der Waals surface area (Å²) in [7, 11) is 0. The van der Waals surface area contributed by atoms with E-state index in [1.807, 2.05) is 37.3 Å². The van der Waals surface area contributed by atoms with Crippen LogP contribution in [-0.2, 0) is 9.53 Å². The Balaban J connectivity index is 2.76. The van der Waals surface area contributed by atoms with Crippen LogP contribution >= 0.6 is 0 Å². The van der Waals surface area contributed by atoms with Crippen LogP contribution in [0.4, 0.5) is 4.79 Å². The molecule has 0 aliphatic rings. The van der Waals surface area contributed by atoms with Crippen molar-refractivity contribution in [1.29, 1.82) is 0 Å². The highest BCUT2D eigenvalue weighted by Gasteiger charge is 2.29. The molecule has 0 aromatic heterocycles. The zero-order valence-electron chi connectivity index (χ0n) is 13.6. The summed E-state index contributed by atoms with van der Waals surface area (Å²) in [6.07, 6.45) is 0.0819. The van der Waals surface area contributed by atoms with E-state index in [0.29, 0.717) is 6.42 Å². The second kappa shape index (κ2) is 7.82. The van der Waals surface area contributed by atoms with Crippen LogP contribution in [0.15, 0.2) is 30.3 Å². The zero-order valence-corrected chi connectivity index (χ0v) is 13.6. The number of alkyl carbamates (subject to hydrolysis) is 1. The van der Waals surface area contributed by atoms with Crippen molar-refractivity contribution < 1.29 is 19.4 Å². The van der Waals surface area contributed by atoms with Crippen molar-refractivity contribution in [1.82, 2.24) is 5.32 Å². The number of amides is 1. The van der Waals surface area contributed by atoms with Gasteiger partial charge in [0, 0.05) is 6.54 Å². The maximum atomic E-state index is 11.7. The number of nitrogens with one attached hydrogen (secondary N) is 1. The highest BCUT2D eigenvalue weighted by Crippen LogP contribution is 2.28. The second-order valence-corrected chi connectivity index (χ2v) is 6.25. The predicted octanol–water partition coefficient (Wildman–Crippen LogP) is 3.41. The standard InChI is InChI=1S/C17H25NO4/c1-5-13(12-9-7-6-8-10-12)14(15(19)20)11-18-16(21)22-17(2,3)4/h6-10,13-14H,5,11H2,1-4H3,(H,18,21)(H,19,20). The van der Waals surface area contributed by atoms with Gasteiger partial charge in [-0.1, -0.05) is 37.3 Å². The average molecular weight is 307 g/mol. The monoisotopic (exact) mass is 307 g/mol. The fraction of sp³-hybridized carbons (Fsp3) is 0.529. The van der Waals surface area contributed by atoms with Crippen LogP contribution in [0, 0.1) is 5.92 Å². The minimum atomic E-state index is -0.924. The van der Waals surface area contributed by atoms with E-state index in [0.717, 1.165) is 5.56 Å². The summed E-state index contributed by atoms with van der Waals surface area (Å²) in [5.74, 6) is -1.78. The SMILES string of the molecule is CCC(c1ccccc1)C(CNC(=O)OC(C)(C)C)C(=O)O. The first-order chi connectivity index (χ1) is 10.2. The quantitative estimate of drug-likeness (QED) is 0.844. The fourth-order valence-corrected chi connectivity index (χ4v) is 2.36. The van der Waals surface area contributed by atoms with Crippen LogP contribution in [0.5, 0.6) is 0 Å². The number of carbonyl (C=O) groups is 2. The van der Waals surface area contributed by atoms with Gasteiger partial charge in [-0.15, -0.1) is 0 Å². The smallest absolute Gasteiger partial charge is 0.407 e. The lowest BCUT2D eigenvalue weighted by Crippen LogP contribution is -2.39. The third kappa shape index (κ3) is 5.76. The summed E-state index contributed by atoms with van der Waals surface area (Å²) in [5, 5.41) is 12.1. The number of ether oxygens (including phenoxy) is 1. The number of carboxylic acid groups (broad SMARTS) is 1. The first-order valence-corrected chi connectivity index (χ1v) is 7.49. The summed E-state index contributed by atoms with van der Waals surface area (Å²) in [4.78, 5) is 23.3. The molecule has 0 saturated carbocycles. The van der Waals surface area contributed by atoms with Crippen LogP contribution in [-0.4, -0.2) is 29.3 Å². The van der Waals surface area contributed by atoms with Gasteiger partial charge < -0.3 is 15.2 Å². The van der Waals surface area contributed by atoms with E-state index in [2.05, 4.69) is 5.32 Å². The third-order valence-electron chi connectivity index (χ3n) is 3.34. The van der Waals surface area contributed by atoms with Gasteiger partial charge in [0.15, 0.2) is 0 Å². The summed E-state index contributed by atoms with van der Waals surface area (Å²) >= 11 is 0. The molecule has 2 atom stereocenters. The molecule has 1 rings (SSSR count). The number of carbonyl (C=O) groups excluding carboxylic acids is 1. The van der Waals surface area contributed by atoms with Crippen LogP contribution in [0.1, 0.15) is 45.6 Å². The molecule has 1 aromatic carbocycles. The van der Waals surface area contributed by atoms with Gasteiger partial charge in [-0.3, -0.25) is 4.79 Å². The lowest BCUT2D eigenvalue weighted by atomic mass is 9.84. The Bertz CT molecular complexity index is 493. The minimum Gasteiger partial charge on any atom is -0.481 e. The van der Waals surface area contributed by atoms with Crippen LogP contribution in [0.2, 0.25) is 0 Å². The topological polar surface area (TPSA) is 75.6 Å². The Morgan fingerprint density at radius 3 is 2.27 bits per heavy atom. The summed E-state index contributed by atoms with van der Waals surface area (Å²) in [6, 6.07) is 9.50. The zero-order chi connectivity index (χ0) is 16.8. The van der Waals surface area contributed by atoms with Crippen molar-refractivity contribution >= 4 is 12.1 Å². The maximum absolute atomic E-state index is 11.7. The molecule has 2 unspecified atom stereocenters. The molecule has 0 aliphatic heterocycles. The van der Waals surface area contributed by atoms with Crippen LogP contribution < -0.4 is 5.32 Å². The van der Waals surface area contributed by atoms with Gasteiger partial charge in [0.1, 0.15) is 5.60 Å². The van der Waals surface area contributed by atoms with E-state index < -0.39 is 23.6 Å². The molecular formula is C17H25NO4. The molecule has 22 heavy (non-hydrogen) atoms. The van der Waals surface area contributed by atoms with Crippen LogP contribution in [0.3, 0.4) is 0 Å². The Hall–Kier alpha value is -2.04. The first-order valence-electron chi connectivity index (χ1n) is 7.49. The Kier molecular flexibility index (Phi) is 6.40. The van der Waals surface area contributed by atoms with Crippen molar-refractivity contribution in [3.05, 3.63) is 35.9 Å². The van der Waals surface area contributed by atoms with E-state index in [1.165, 1.54) is 0 Å². The van der Waals surface area contributed by atoms with Gasteiger partial charge in [-0.25, -0.2) is 4.79 Å². The molecule has 0 heterocycles. The molecule has 5 heteroatoms. The molecule has 5 nitrogen and oxygen atoms in total. The molecule has 1 amide bonds. The molecule has 0 fully saturated rings. The largest absolute Gasteiger partial charge is 0.481 e. The molecule has 122 valence electrons. The molecule has 0 saturated heterocycles. The normalized spacial score (nSPS) is 14.0. The van der Waals surface area contributed by atoms with Gasteiger partial charge in [0.2, 0.25) is 0 Å². The van der Waals surface area contributed by atoms with E-state index in [-0.39, 0.29) is 12.5 Å². The molecule has 0 spiro atoms. The maximum Gasteiger partial charge on any atom is 0.407 e. The van der Waals surface area contributed by atoms with Gasteiger partial charge >= 0.3 is 12.1 Å². The van der Waals surface area contributed by atoms with Gasteiger partial charge in [0.05, 0.1) is 5.92 Å². The highest BCUT2D eigenvalue weighted by molar-refractivity contribution is 5.73. The van der Waals surface area contributed by atoms with Crippen molar-refractivity contribution in [3.63, 3.8) is 0 Å². The van der Waals surface area contributed by atoms with E-state index in [4.69, 9.17) is 4.74 Å². The summed E-state index contributed by atoms with van der Waals surface area (Å²) < 4.78 is 5.14. The molecular weight excluding hydrogens is 282 g/mol. The Morgan fingerprint density at radius 2 is 1.82 bits per heavy atom. The third-order valence-corrected chi connectivity index (χ3v) is 3.34. The lowest BCUT2D eigenvalue weighted by Gasteiger charge is -2.25. The highest BCUT2D eigenvalue weighted by atomic mass is 16.6. The van der Waals surface area contributed by atoms with Gasteiger partial charge in [-0.2, -0.15) is 0 Å². The lowest BCUT2D eigenvalue weighted by molar-refractivity contribution is -0.142. The minimum absolute atomic E-state index is 0.0393. The Labute approximate surface area is 131 Å². The van der Waals surface area contributed by atoms with Crippen LogP contribution in [0.25, 0.3) is 0 Å².